The number of hydrogen-bond acceptors (Lipinski definition) is 6. The Kier molecular flexibility index (Phi) is 10.5. The van der Waals surface area contributed by atoms with E-state index >= 15 is 0 Å². The van der Waals surface area contributed by atoms with E-state index in [2.05, 4.69) is 4.99 Å². The predicted octanol–water partition coefficient (Wildman–Crippen LogP) is 0.897. The third-order valence-electron chi connectivity index (χ3n) is 2.79. The Morgan fingerprint density at radius 3 is 2.39 bits per heavy atom. The van der Waals surface area contributed by atoms with Crippen LogP contribution in [0.15, 0.2) is 41.4 Å². The summed E-state index contributed by atoms with van der Waals surface area (Å²) in [5, 5.41) is 36.2. The van der Waals surface area contributed by atoms with E-state index in [-0.39, 0.29) is 5.75 Å². The monoisotopic (exact) mass is 358 g/mol. The predicted molar refractivity (Wildman–Crippen MR) is 80.5 cm³/mol. The Bertz CT molecular complexity index is 661. The van der Waals surface area contributed by atoms with Crippen molar-refractivity contribution in [3.05, 3.63) is 42.0 Å². The van der Waals surface area contributed by atoms with E-state index in [1.165, 1.54) is 12.3 Å². The van der Waals surface area contributed by atoms with Crippen LogP contribution < -0.4 is 0 Å². The van der Waals surface area contributed by atoms with Crippen molar-refractivity contribution in [3.8, 4) is 5.75 Å². The summed E-state index contributed by atoms with van der Waals surface area (Å²) in [4.78, 5) is 14.6. The van der Waals surface area contributed by atoms with Crippen LogP contribution in [0, 0.1) is 0 Å². The second-order valence-electron chi connectivity index (χ2n) is 4.03. The van der Waals surface area contributed by atoms with Crippen LogP contribution >= 0.6 is 0 Å². The van der Waals surface area contributed by atoms with Gasteiger partial charge in [0.2, 0.25) is 0 Å². The van der Waals surface area contributed by atoms with Crippen molar-refractivity contribution >= 4 is 23.0 Å². The Balaban J connectivity index is 0.00000112. The summed E-state index contributed by atoms with van der Waals surface area (Å²) in [6.07, 6.45) is 1.28. The van der Waals surface area contributed by atoms with Gasteiger partial charge in [0.25, 0.3) is 0 Å². The quantitative estimate of drug-likeness (QED) is 0.601. The van der Waals surface area contributed by atoms with Gasteiger partial charge in [0, 0.05) is 18.9 Å². The van der Waals surface area contributed by atoms with Gasteiger partial charge in [0.1, 0.15) is 5.75 Å². The van der Waals surface area contributed by atoms with Gasteiger partial charge in [0.15, 0.2) is 6.04 Å². The van der Waals surface area contributed by atoms with Crippen LogP contribution in [-0.4, -0.2) is 52.4 Å². The molecule has 0 aromatic heterocycles. The van der Waals surface area contributed by atoms with Crippen LogP contribution in [0.25, 0.3) is 10.8 Å². The molecule has 0 aliphatic carbocycles. The summed E-state index contributed by atoms with van der Waals surface area (Å²) >= 11 is 1.06. The third kappa shape index (κ3) is 5.92. The number of benzene rings is 2. The normalized spacial score (nSPS) is 11.0. The first-order chi connectivity index (χ1) is 11.1. The van der Waals surface area contributed by atoms with Crippen molar-refractivity contribution in [2.75, 3.05) is 13.7 Å². The van der Waals surface area contributed by atoms with Gasteiger partial charge >= 0.3 is 27.0 Å². The summed E-state index contributed by atoms with van der Waals surface area (Å²) in [5.74, 6) is -1.19. The van der Waals surface area contributed by atoms with Crippen molar-refractivity contribution in [1.82, 2.24) is 0 Å². The number of aliphatic imine (C=N–C) groups is 1. The van der Waals surface area contributed by atoms with Gasteiger partial charge in [-0.05, 0) is 16.8 Å². The molecular weight excluding hydrogens is 341 g/mol. The van der Waals surface area contributed by atoms with Crippen LogP contribution in [0.4, 0.5) is 0 Å². The average molecular weight is 358 g/mol. The van der Waals surface area contributed by atoms with E-state index in [4.69, 9.17) is 19.0 Å². The standard InChI is InChI=1S/C14H13NO4.CH4O.O.V/c16-8-12(14(18)19)15-7-11-10-4-2-1-3-9(10)5-6-13(11)17;1-2;;/h1-7,12,16-17H,8H2,(H,18,19);2H,1H3;;/t12-;;;/m0.../s1. The van der Waals surface area contributed by atoms with Crippen molar-refractivity contribution in [2.24, 2.45) is 4.99 Å². The maximum atomic E-state index is 10.8. The van der Waals surface area contributed by atoms with E-state index in [0.717, 1.165) is 35.3 Å². The molecule has 8 heteroatoms. The SMILES string of the molecule is CO.O=C(O)[C@H](CO)N=Cc1c(O)ccc2ccccc12.[O]=[V]. The summed E-state index contributed by atoms with van der Waals surface area (Å²) in [5.41, 5.74) is 0.442. The molecule has 2 rings (SSSR count). The van der Waals surface area contributed by atoms with Crippen molar-refractivity contribution in [3.63, 3.8) is 0 Å². The number of nitrogens with zero attached hydrogens (tertiary/aromatic N) is 1. The number of aliphatic carboxylic acids is 1. The van der Waals surface area contributed by atoms with Crippen LogP contribution in [0.1, 0.15) is 5.56 Å². The number of fused-ring (bicyclic) bond motifs is 1. The van der Waals surface area contributed by atoms with Gasteiger partial charge < -0.3 is 20.4 Å². The number of aromatic hydroxyl groups is 1. The molecule has 123 valence electrons. The van der Waals surface area contributed by atoms with Gasteiger partial charge in [-0.1, -0.05) is 30.3 Å². The molecule has 1 atom stereocenters. The van der Waals surface area contributed by atoms with Gasteiger partial charge in [-0.2, -0.15) is 0 Å². The van der Waals surface area contributed by atoms with E-state index in [0.29, 0.717) is 5.56 Å². The molecule has 0 aliphatic heterocycles. The zero-order valence-corrected chi connectivity index (χ0v) is 13.7. The van der Waals surface area contributed by atoms with Crippen molar-refractivity contribution in [2.45, 2.75) is 6.04 Å². The number of carboxylic acid groups (broad SMARTS) is 1. The zero-order chi connectivity index (χ0) is 17.8. The fourth-order valence-corrected chi connectivity index (χ4v) is 1.77. The fraction of sp³-hybridized carbons (Fsp3) is 0.200. The fourth-order valence-electron chi connectivity index (χ4n) is 1.77. The van der Waals surface area contributed by atoms with Crippen LogP contribution in [0.5, 0.6) is 5.75 Å². The summed E-state index contributed by atoms with van der Waals surface area (Å²) in [6, 6.07) is 9.45. The van der Waals surface area contributed by atoms with E-state index in [1.54, 1.807) is 6.07 Å². The summed E-state index contributed by atoms with van der Waals surface area (Å²) in [6.45, 7) is -0.586. The van der Waals surface area contributed by atoms with Crippen molar-refractivity contribution in [1.29, 1.82) is 0 Å². The average Bonchev–Trinajstić information content (AvgIpc) is 2.60. The summed E-state index contributed by atoms with van der Waals surface area (Å²) < 4.78 is 8.19. The van der Waals surface area contributed by atoms with E-state index in [9.17, 15) is 9.90 Å². The minimum absolute atomic E-state index is 0.0181. The number of rotatable bonds is 4. The Morgan fingerprint density at radius 1 is 1.22 bits per heavy atom. The Labute approximate surface area is 142 Å². The molecule has 0 saturated heterocycles. The second-order valence-corrected chi connectivity index (χ2v) is 4.03. The molecule has 23 heavy (non-hydrogen) atoms. The van der Waals surface area contributed by atoms with Gasteiger partial charge in [-0.3, -0.25) is 4.99 Å². The Morgan fingerprint density at radius 2 is 1.83 bits per heavy atom. The minimum atomic E-state index is -1.22. The first-order valence-corrected chi connectivity index (χ1v) is 6.91. The number of phenolic OH excluding ortho intramolecular Hbond substituents is 1. The Hall–Kier alpha value is -2.06. The molecule has 0 bridgehead atoms. The van der Waals surface area contributed by atoms with Crippen molar-refractivity contribution < 1.29 is 46.3 Å². The molecule has 0 radical (unpaired) electrons. The summed E-state index contributed by atoms with van der Waals surface area (Å²) in [7, 11) is 1.00. The first-order valence-electron chi connectivity index (χ1n) is 6.34. The number of hydrogen-bond donors (Lipinski definition) is 4. The molecule has 4 N–H and O–H groups in total. The number of carboxylic acids is 1. The number of phenols is 1. The van der Waals surface area contributed by atoms with E-state index < -0.39 is 18.6 Å². The number of aliphatic hydroxyl groups excluding tert-OH is 2. The first kappa shape index (κ1) is 20.9. The van der Waals surface area contributed by atoms with Crippen LogP contribution in [-0.2, 0) is 25.8 Å². The molecule has 0 saturated carbocycles. The maximum absolute atomic E-state index is 10.8. The van der Waals surface area contributed by atoms with E-state index in [1.807, 2.05) is 24.3 Å². The number of carbonyl (C=O) groups is 1. The third-order valence-corrected chi connectivity index (χ3v) is 2.79. The van der Waals surface area contributed by atoms with Gasteiger partial charge in [0.05, 0.1) is 6.61 Å². The zero-order valence-electron chi connectivity index (χ0n) is 12.3. The molecule has 0 fully saturated rings. The molecule has 0 aliphatic rings. The molecule has 0 spiro atoms. The molecule has 7 nitrogen and oxygen atoms in total. The molecule has 0 amide bonds. The van der Waals surface area contributed by atoms with Gasteiger partial charge in [-0.25, -0.2) is 4.79 Å². The molecule has 0 unspecified atom stereocenters. The topological polar surface area (TPSA) is 127 Å². The molecule has 0 heterocycles. The molecule has 2 aromatic rings. The second kappa shape index (κ2) is 11.5. The van der Waals surface area contributed by atoms with Crippen LogP contribution in [0.3, 0.4) is 0 Å². The molecular formula is C15H17NO6V. The van der Waals surface area contributed by atoms with Crippen LogP contribution in [0.2, 0.25) is 0 Å². The van der Waals surface area contributed by atoms with Gasteiger partial charge in [-0.15, -0.1) is 0 Å². The number of aliphatic hydroxyl groups is 2. The molecule has 2 aromatic carbocycles.